The number of pyridine rings is 1. The van der Waals surface area contributed by atoms with Gasteiger partial charge < -0.3 is 4.74 Å². The van der Waals surface area contributed by atoms with Gasteiger partial charge >= 0.3 is 0 Å². The van der Waals surface area contributed by atoms with Crippen LogP contribution in [0.2, 0.25) is 0 Å². The van der Waals surface area contributed by atoms with E-state index in [0.717, 1.165) is 23.4 Å². The molecule has 1 aliphatic carbocycles. The molecule has 0 bridgehead atoms. The van der Waals surface area contributed by atoms with Gasteiger partial charge in [-0.15, -0.1) is 11.6 Å². The van der Waals surface area contributed by atoms with Crippen molar-refractivity contribution in [2.45, 2.75) is 32.1 Å². The molecule has 1 aromatic carbocycles. The van der Waals surface area contributed by atoms with Crippen molar-refractivity contribution in [3.05, 3.63) is 52.7 Å². The third-order valence-electron chi connectivity index (χ3n) is 3.44. The van der Waals surface area contributed by atoms with Gasteiger partial charge in [-0.2, -0.15) is 0 Å². The quantitative estimate of drug-likeness (QED) is 0.773. The van der Waals surface area contributed by atoms with Crippen molar-refractivity contribution in [1.29, 1.82) is 0 Å². The van der Waals surface area contributed by atoms with Crippen LogP contribution in [0.25, 0.3) is 0 Å². The highest BCUT2D eigenvalue weighted by Crippen LogP contribution is 2.28. The Balaban J connectivity index is 1.86. The topological polar surface area (TPSA) is 22.1 Å². The number of aryl methyl sites for hydroxylation is 3. The Hall–Kier alpha value is -1.54. The number of ether oxygens (including phenoxy) is 1. The summed E-state index contributed by atoms with van der Waals surface area (Å²) in [7, 11) is 0. The van der Waals surface area contributed by atoms with Gasteiger partial charge in [-0.05, 0) is 61.1 Å². The van der Waals surface area contributed by atoms with Gasteiger partial charge in [-0.25, -0.2) is 4.98 Å². The van der Waals surface area contributed by atoms with Gasteiger partial charge in [0.05, 0.1) is 0 Å². The maximum absolute atomic E-state index is 5.87. The minimum absolute atomic E-state index is 0.476. The SMILES string of the molecule is Cc1cc(CCl)cc(Oc2ccc3c(c2)CCC3)n1. The van der Waals surface area contributed by atoms with Gasteiger partial charge in [0.2, 0.25) is 5.88 Å². The molecule has 0 saturated carbocycles. The highest BCUT2D eigenvalue weighted by atomic mass is 35.5. The van der Waals surface area contributed by atoms with Crippen molar-refractivity contribution >= 4 is 11.6 Å². The fourth-order valence-electron chi connectivity index (χ4n) is 2.57. The second-order valence-electron chi connectivity index (χ2n) is 4.97. The predicted octanol–water partition coefficient (Wildman–Crippen LogP) is 4.41. The van der Waals surface area contributed by atoms with Crippen molar-refractivity contribution in [3.63, 3.8) is 0 Å². The molecule has 0 aliphatic heterocycles. The highest BCUT2D eigenvalue weighted by Gasteiger charge is 2.12. The molecule has 0 fully saturated rings. The molecule has 3 rings (SSSR count). The Morgan fingerprint density at radius 1 is 1.16 bits per heavy atom. The Labute approximate surface area is 118 Å². The van der Waals surface area contributed by atoms with Crippen LogP contribution in [0.3, 0.4) is 0 Å². The number of rotatable bonds is 3. The molecule has 2 nitrogen and oxygen atoms in total. The minimum atomic E-state index is 0.476. The fraction of sp³-hybridized carbons (Fsp3) is 0.312. The molecule has 0 radical (unpaired) electrons. The van der Waals surface area contributed by atoms with Crippen LogP contribution in [0.4, 0.5) is 0 Å². The number of alkyl halides is 1. The first-order valence-corrected chi connectivity index (χ1v) is 7.11. The molecule has 98 valence electrons. The number of hydrogen-bond acceptors (Lipinski definition) is 2. The minimum Gasteiger partial charge on any atom is -0.439 e. The molecule has 0 N–H and O–H groups in total. The number of hydrogen-bond donors (Lipinski definition) is 0. The van der Waals surface area contributed by atoms with Gasteiger partial charge in [-0.1, -0.05) is 6.07 Å². The second kappa shape index (κ2) is 5.22. The Morgan fingerprint density at radius 3 is 2.84 bits per heavy atom. The summed E-state index contributed by atoms with van der Waals surface area (Å²) in [6, 6.07) is 10.2. The number of fused-ring (bicyclic) bond motifs is 1. The van der Waals surface area contributed by atoms with Crippen LogP contribution in [-0.2, 0) is 18.7 Å². The average molecular weight is 274 g/mol. The summed E-state index contributed by atoms with van der Waals surface area (Å²) in [6.07, 6.45) is 3.59. The lowest BCUT2D eigenvalue weighted by molar-refractivity contribution is 0.460. The lowest BCUT2D eigenvalue weighted by Gasteiger charge is -2.08. The van der Waals surface area contributed by atoms with Crippen LogP contribution in [0.1, 0.15) is 28.8 Å². The summed E-state index contributed by atoms with van der Waals surface area (Å²) in [4.78, 5) is 4.39. The first-order chi connectivity index (χ1) is 9.24. The van der Waals surface area contributed by atoms with E-state index in [1.165, 1.54) is 24.0 Å². The van der Waals surface area contributed by atoms with Crippen LogP contribution in [-0.4, -0.2) is 4.98 Å². The van der Waals surface area contributed by atoms with E-state index < -0.39 is 0 Å². The maximum atomic E-state index is 5.87. The van der Waals surface area contributed by atoms with Gasteiger partial charge in [0.15, 0.2) is 0 Å². The molecule has 0 spiro atoms. The normalized spacial score (nSPS) is 13.4. The van der Waals surface area contributed by atoms with E-state index in [4.69, 9.17) is 16.3 Å². The zero-order chi connectivity index (χ0) is 13.2. The summed E-state index contributed by atoms with van der Waals surface area (Å²) in [5.74, 6) is 1.96. The van der Waals surface area contributed by atoms with Gasteiger partial charge in [0, 0.05) is 17.6 Å². The molecule has 19 heavy (non-hydrogen) atoms. The number of halogens is 1. The third-order valence-corrected chi connectivity index (χ3v) is 3.74. The van der Waals surface area contributed by atoms with Crippen LogP contribution in [0, 0.1) is 6.92 Å². The van der Waals surface area contributed by atoms with Crippen molar-refractivity contribution in [3.8, 4) is 11.6 Å². The van der Waals surface area contributed by atoms with Crippen LogP contribution >= 0.6 is 11.6 Å². The summed E-state index contributed by atoms with van der Waals surface area (Å²) in [5, 5.41) is 0. The van der Waals surface area contributed by atoms with E-state index in [1.54, 1.807) is 0 Å². The van der Waals surface area contributed by atoms with Gasteiger partial charge in [0.1, 0.15) is 5.75 Å². The third kappa shape index (κ3) is 2.74. The fourth-order valence-corrected chi connectivity index (χ4v) is 2.72. The molecule has 2 aromatic rings. The smallest absolute Gasteiger partial charge is 0.219 e. The molecule has 1 heterocycles. The predicted molar refractivity (Wildman–Crippen MR) is 77.1 cm³/mol. The summed E-state index contributed by atoms with van der Waals surface area (Å²) in [6.45, 7) is 1.95. The first-order valence-electron chi connectivity index (χ1n) is 6.58. The zero-order valence-electron chi connectivity index (χ0n) is 10.9. The Morgan fingerprint density at radius 2 is 2.00 bits per heavy atom. The van der Waals surface area contributed by atoms with E-state index in [0.29, 0.717) is 11.8 Å². The molecule has 0 amide bonds. The molecule has 0 unspecified atom stereocenters. The zero-order valence-corrected chi connectivity index (χ0v) is 11.7. The van der Waals surface area contributed by atoms with Crippen molar-refractivity contribution in [2.75, 3.05) is 0 Å². The van der Waals surface area contributed by atoms with Crippen molar-refractivity contribution in [1.82, 2.24) is 4.98 Å². The van der Waals surface area contributed by atoms with Crippen LogP contribution in [0.15, 0.2) is 30.3 Å². The van der Waals surface area contributed by atoms with Crippen LogP contribution in [0.5, 0.6) is 11.6 Å². The van der Waals surface area contributed by atoms with Gasteiger partial charge in [-0.3, -0.25) is 0 Å². The van der Waals surface area contributed by atoms with Crippen molar-refractivity contribution in [2.24, 2.45) is 0 Å². The standard InChI is InChI=1S/C16H16ClNO/c1-11-7-12(10-17)8-16(18-11)19-15-6-5-13-3-2-4-14(13)9-15/h5-9H,2-4,10H2,1H3. The maximum Gasteiger partial charge on any atom is 0.219 e. The highest BCUT2D eigenvalue weighted by molar-refractivity contribution is 6.17. The molecular weight excluding hydrogens is 258 g/mol. The van der Waals surface area contributed by atoms with E-state index in [1.807, 2.05) is 25.1 Å². The number of nitrogens with zero attached hydrogens (tertiary/aromatic N) is 1. The van der Waals surface area contributed by atoms with Gasteiger partial charge in [0.25, 0.3) is 0 Å². The lowest BCUT2D eigenvalue weighted by Crippen LogP contribution is -1.93. The first kappa shape index (κ1) is 12.5. The number of benzene rings is 1. The molecule has 1 aromatic heterocycles. The lowest BCUT2D eigenvalue weighted by atomic mass is 10.1. The van der Waals surface area contributed by atoms with Crippen LogP contribution < -0.4 is 4.74 Å². The largest absolute Gasteiger partial charge is 0.439 e. The summed E-state index contributed by atoms with van der Waals surface area (Å²) >= 11 is 5.87. The summed E-state index contributed by atoms with van der Waals surface area (Å²) < 4.78 is 5.86. The van der Waals surface area contributed by atoms with E-state index in [-0.39, 0.29) is 0 Å². The number of aromatic nitrogens is 1. The van der Waals surface area contributed by atoms with E-state index in [2.05, 4.69) is 17.1 Å². The molecular formula is C16H16ClNO. The Kier molecular flexibility index (Phi) is 3.43. The Bertz CT molecular complexity index is 610. The van der Waals surface area contributed by atoms with E-state index in [9.17, 15) is 0 Å². The average Bonchev–Trinajstić information content (AvgIpc) is 2.85. The monoisotopic (exact) mass is 273 g/mol. The molecule has 0 atom stereocenters. The molecule has 1 aliphatic rings. The van der Waals surface area contributed by atoms with Crippen molar-refractivity contribution < 1.29 is 4.74 Å². The summed E-state index contributed by atoms with van der Waals surface area (Å²) in [5.41, 5.74) is 4.81. The second-order valence-corrected chi connectivity index (χ2v) is 5.24. The van der Waals surface area contributed by atoms with E-state index >= 15 is 0 Å². The molecule has 0 saturated heterocycles. The molecule has 3 heteroatoms.